The predicted octanol–water partition coefficient (Wildman–Crippen LogP) is 1.64. The van der Waals surface area contributed by atoms with Crippen LogP contribution in [0.25, 0.3) is 0 Å². The second-order valence-corrected chi connectivity index (χ2v) is 5.22. The van der Waals surface area contributed by atoms with Gasteiger partial charge in [-0.3, -0.25) is 0 Å². The van der Waals surface area contributed by atoms with E-state index in [1.807, 2.05) is 32.0 Å². The van der Waals surface area contributed by atoms with Crippen molar-refractivity contribution in [1.29, 1.82) is 0 Å². The first-order chi connectivity index (χ1) is 7.26. The minimum Gasteiger partial charge on any atom is -0.399 e. The summed E-state index contributed by atoms with van der Waals surface area (Å²) in [5, 5.41) is 0. The van der Waals surface area contributed by atoms with Gasteiger partial charge in [-0.15, -0.1) is 0 Å². The number of rotatable bonds is 6. The second kappa shape index (κ2) is 6.61. The maximum absolute atomic E-state index is 5.72. The summed E-state index contributed by atoms with van der Waals surface area (Å²) >= 11 is 0. The fraction of sp³-hybridized carbons (Fsp3) is 0.455. The van der Waals surface area contributed by atoms with Crippen LogP contribution in [0.2, 0.25) is 0 Å². The molecule has 3 nitrogen and oxygen atoms in total. The molecule has 1 rings (SSSR count). The summed E-state index contributed by atoms with van der Waals surface area (Å²) in [6.07, 6.45) is 0. The minimum atomic E-state index is -1.54. The van der Waals surface area contributed by atoms with Crippen molar-refractivity contribution in [1.82, 2.24) is 0 Å². The van der Waals surface area contributed by atoms with Crippen LogP contribution in [0.5, 0.6) is 0 Å². The van der Waals surface area contributed by atoms with Gasteiger partial charge < -0.3 is 14.6 Å². The molecule has 0 bridgehead atoms. The molecule has 0 saturated carbocycles. The molecule has 0 saturated heterocycles. The lowest BCUT2D eigenvalue weighted by Crippen LogP contribution is -2.26. The largest absolute Gasteiger partial charge is 0.399 e. The SMILES string of the molecule is CCO[SiH](Cc1cccc(N)c1)OCC. The van der Waals surface area contributed by atoms with E-state index < -0.39 is 9.28 Å². The van der Waals surface area contributed by atoms with Gasteiger partial charge in [-0.05, 0) is 31.5 Å². The highest BCUT2D eigenvalue weighted by atomic mass is 28.3. The fourth-order valence-electron chi connectivity index (χ4n) is 1.45. The van der Waals surface area contributed by atoms with Gasteiger partial charge in [0.1, 0.15) is 0 Å². The molecule has 4 heteroatoms. The molecule has 0 unspecified atom stereocenters. The summed E-state index contributed by atoms with van der Waals surface area (Å²) in [5.41, 5.74) is 7.72. The number of hydrogen-bond acceptors (Lipinski definition) is 3. The third kappa shape index (κ3) is 4.46. The maximum atomic E-state index is 5.72. The lowest BCUT2D eigenvalue weighted by atomic mass is 10.2. The van der Waals surface area contributed by atoms with Crippen molar-refractivity contribution in [3.63, 3.8) is 0 Å². The first-order valence-corrected chi connectivity index (χ1v) is 7.09. The van der Waals surface area contributed by atoms with Gasteiger partial charge in [-0.1, -0.05) is 12.1 Å². The van der Waals surface area contributed by atoms with Crippen molar-refractivity contribution in [3.05, 3.63) is 29.8 Å². The molecule has 84 valence electrons. The summed E-state index contributed by atoms with van der Waals surface area (Å²) in [6.45, 7) is 5.44. The zero-order valence-electron chi connectivity index (χ0n) is 9.40. The smallest absolute Gasteiger partial charge is 0.325 e. The van der Waals surface area contributed by atoms with E-state index in [1.54, 1.807) is 0 Å². The van der Waals surface area contributed by atoms with E-state index in [2.05, 4.69) is 6.07 Å². The van der Waals surface area contributed by atoms with Gasteiger partial charge in [-0.25, -0.2) is 0 Å². The Morgan fingerprint density at radius 1 is 1.20 bits per heavy atom. The van der Waals surface area contributed by atoms with Crippen LogP contribution in [0.3, 0.4) is 0 Å². The van der Waals surface area contributed by atoms with Crippen LogP contribution in [-0.2, 0) is 14.9 Å². The van der Waals surface area contributed by atoms with Gasteiger partial charge in [-0.2, -0.15) is 0 Å². The van der Waals surface area contributed by atoms with Gasteiger partial charge in [0.25, 0.3) is 0 Å². The molecule has 1 aromatic rings. The molecule has 0 amide bonds. The summed E-state index contributed by atoms with van der Waals surface area (Å²) in [5.74, 6) is 0. The Labute approximate surface area is 93.0 Å². The monoisotopic (exact) mass is 225 g/mol. The topological polar surface area (TPSA) is 44.5 Å². The van der Waals surface area contributed by atoms with Gasteiger partial charge in [0.05, 0.1) is 0 Å². The zero-order valence-corrected chi connectivity index (χ0v) is 10.6. The molecular weight excluding hydrogens is 206 g/mol. The lowest BCUT2D eigenvalue weighted by molar-refractivity contribution is 0.213. The van der Waals surface area contributed by atoms with Crippen LogP contribution >= 0.6 is 0 Å². The van der Waals surface area contributed by atoms with Crippen molar-refractivity contribution in [2.24, 2.45) is 0 Å². The van der Waals surface area contributed by atoms with Crippen LogP contribution in [-0.4, -0.2) is 22.5 Å². The van der Waals surface area contributed by atoms with Gasteiger partial charge in [0.15, 0.2) is 0 Å². The molecule has 15 heavy (non-hydrogen) atoms. The molecule has 0 radical (unpaired) electrons. The molecule has 1 aromatic carbocycles. The van der Waals surface area contributed by atoms with E-state index in [1.165, 1.54) is 5.56 Å². The minimum absolute atomic E-state index is 0.721. The lowest BCUT2D eigenvalue weighted by Gasteiger charge is -2.14. The van der Waals surface area contributed by atoms with Gasteiger partial charge >= 0.3 is 9.28 Å². The average molecular weight is 225 g/mol. The van der Waals surface area contributed by atoms with Crippen LogP contribution in [0.4, 0.5) is 5.69 Å². The molecule has 0 aliphatic carbocycles. The van der Waals surface area contributed by atoms with E-state index in [9.17, 15) is 0 Å². The van der Waals surface area contributed by atoms with Crippen LogP contribution in [0.1, 0.15) is 19.4 Å². The normalized spacial score (nSPS) is 10.9. The van der Waals surface area contributed by atoms with Crippen molar-refractivity contribution < 1.29 is 8.85 Å². The Kier molecular flexibility index (Phi) is 5.38. The Hall–Kier alpha value is -0.843. The maximum Gasteiger partial charge on any atom is 0.325 e. The first-order valence-electron chi connectivity index (χ1n) is 5.33. The highest BCUT2D eigenvalue weighted by Crippen LogP contribution is 2.09. The number of nitrogens with two attached hydrogens (primary N) is 1. The van der Waals surface area contributed by atoms with Crippen LogP contribution in [0.15, 0.2) is 24.3 Å². The number of benzene rings is 1. The highest BCUT2D eigenvalue weighted by molar-refractivity contribution is 6.43. The van der Waals surface area contributed by atoms with Crippen LogP contribution in [0, 0.1) is 0 Å². The Balaban J connectivity index is 2.56. The molecule has 0 aliphatic rings. The summed E-state index contributed by atoms with van der Waals surface area (Å²) in [4.78, 5) is 0. The Morgan fingerprint density at radius 3 is 2.40 bits per heavy atom. The molecule has 2 N–H and O–H groups in total. The molecule has 0 heterocycles. The highest BCUT2D eigenvalue weighted by Gasteiger charge is 2.12. The van der Waals surface area contributed by atoms with E-state index in [-0.39, 0.29) is 0 Å². The molecule has 0 spiro atoms. The number of hydrogen-bond donors (Lipinski definition) is 1. The summed E-state index contributed by atoms with van der Waals surface area (Å²) in [7, 11) is -1.54. The summed E-state index contributed by atoms with van der Waals surface area (Å²) < 4.78 is 11.2. The van der Waals surface area contributed by atoms with Crippen LogP contribution < -0.4 is 5.73 Å². The third-order valence-corrected chi connectivity index (χ3v) is 4.27. The summed E-state index contributed by atoms with van der Waals surface area (Å²) in [6, 6.07) is 8.79. The Bertz CT molecular complexity index is 288. The number of anilines is 1. The molecule has 0 atom stereocenters. The second-order valence-electron chi connectivity index (χ2n) is 3.29. The third-order valence-electron chi connectivity index (χ3n) is 2.06. The van der Waals surface area contributed by atoms with Crippen molar-refractivity contribution in [3.8, 4) is 0 Å². The van der Waals surface area contributed by atoms with E-state index in [0.29, 0.717) is 0 Å². The van der Waals surface area contributed by atoms with Crippen molar-refractivity contribution >= 4 is 15.0 Å². The van der Waals surface area contributed by atoms with Crippen molar-refractivity contribution in [2.75, 3.05) is 18.9 Å². The Morgan fingerprint density at radius 2 is 1.87 bits per heavy atom. The molecule has 0 fully saturated rings. The van der Waals surface area contributed by atoms with Crippen molar-refractivity contribution in [2.45, 2.75) is 19.9 Å². The number of nitrogen functional groups attached to an aromatic ring is 1. The van der Waals surface area contributed by atoms with E-state index in [0.717, 1.165) is 24.9 Å². The van der Waals surface area contributed by atoms with E-state index in [4.69, 9.17) is 14.6 Å². The molecular formula is C11H19NO2Si. The average Bonchev–Trinajstić information content (AvgIpc) is 2.18. The fourth-order valence-corrected chi connectivity index (χ4v) is 3.16. The van der Waals surface area contributed by atoms with Gasteiger partial charge in [0.2, 0.25) is 0 Å². The zero-order chi connectivity index (χ0) is 11.1. The quantitative estimate of drug-likeness (QED) is 0.591. The first kappa shape index (κ1) is 12.2. The molecule has 0 aliphatic heterocycles. The standard InChI is InChI=1S/C11H19NO2Si/c1-3-13-15(14-4-2)9-10-6-5-7-11(12)8-10/h5-8,15H,3-4,9,12H2,1-2H3. The van der Waals surface area contributed by atoms with E-state index >= 15 is 0 Å². The van der Waals surface area contributed by atoms with Gasteiger partial charge in [0, 0.05) is 24.9 Å². The molecule has 0 aromatic heterocycles. The predicted molar refractivity (Wildman–Crippen MR) is 65.0 cm³/mol.